The van der Waals surface area contributed by atoms with Crippen molar-refractivity contribution in [1.82, 2.24) is 9.80 Å². The van der Waals surface area contributed by atoms with Crippen molar-refractivity contribution in [1.29, 1.82) is 0 Å². The third-order valence-electron chi connectivity index (χ3n) is 5.64. The fraction of sp³-hybridized carbons (Fsp3) is 1.00. The Hall–Kier alpha value is -0.0800. The summed E-state index contributed by atoms with van der Waals surface area (Å²) in [6, 6.07) is 0.744. The molecule has 0 bridgehead atoms. The van der Waals surface area contributed by atoms with Crippen LogP contribution in [0.1, 0.15) is 65.7 Å². The molecule has 0 saturated carbocycles. The molecule has 0 atom stereocenters. The van der Waals surface area contributed by atoms with Gasteiger partial charge in [0.15, 0.2) is 0 Å². The van der Waals surface area contributed by atoms with Crippen LogP contribution in [0.5, 0.6) is 0 Å². The van der Waals surface area contributed by atoms with E-state index in [9.17, 15) is 0 Å². The van der Waals surface area contributed by atoms with Gasteiger partial charge in [-0.25, -0.2) is 0 Å². The van der Waals surface area contributed by atoms with Gasteiger partial charge in [0, 0.05) is 6.04 Å². The van der Waals surface area contributed by atoms with Crippen molar-refractivity contribution in [3.63, 3.8) is 0 Å². The zero-order valence-corrected chi connectivity index (χ0v) is 14.1. The zero-order chi connectivity index (χ0) is 14.4. The summed E-state index contributed by atoms with van der Waals surface area (Å²) in [7, 11) is 0. The van der Waals surface area contributed by atoms with Gasteiger partial charge in [-0.2, -0.15) is 0 Å². The molecule has 2 saturated heterocycles. The summed E-state index contributed by atoms with van der Waals surface area (Å²) in [6.45, 7) is 13.8. The lowest BCUT2D eigenvalue weighted by Gasteiger charge is -2.36. The summed E-state index contributed by atoms with van der Waals surface area (Å²) in [5.74, 6) is 2.03. The van der Waals surface area contributed by atoms with Gasteiger partial charge < -0.3 is 9.80 Å². The maximum atomic E-state index is 2.74. The number of rotatable bonds is 6. The van der Waals surface area contributed by atoms with E-state index in [0.717, 1.165) is 17.9 Å². The fourth-order valence-corrected chi connectivity index (χ4v) is 4.03. The van der Waals surface area contributed by atoms with Gasteiger partial charge >= 0.3 is 0 Å². The average molecular weight is 281 g/mol. The lowest BCUT2D eigenvalue weighted by atomic mass is 9.90. The molecule has 2 heterocycles. The Morgan fingerprint density at radius 1 is 0.850 bits per heavy atom. The Morgan fingerprint density at radius 2 is 1.40 bits per heavy atom. The van der Waals surface area contributed by atoms with Crippen molar-refractivity contribution >= 4 is 0 Å². The molecule has 20 heavy (non-hydrogen) atoms. The Morgan fingerprint density at radius 3 is 1.95 bits per heavy atom. The van der Waals surface area contributed by atoms with Gasteiger partial charge in [0.25, 0.3) is 0 Å². The van der Waals surface area contributed by atoms with Gasteiger partial charge in [-0.3, -0.25) is 0 Å². The summed E-state index contributed by atoms with van der Waals surface area (Å²) in [4.78, 5) is 5.38. The number of likely N-dealkylation sites (tertiary alicyclic amines) is 2. The maximum absolute atomic E-state index is 2.74. The highest BCUT2D eigenvalue weighted by molar-refractivity contribution is 4.77. The van der Waals surface area contributed by atoms with Gasteiger partial charge in [0.05, 0.1) is 0 Å². The zero-order valence-electron chi connectivity index (χ0n) is 14.1. The van der Waals surface area contributed by atoms with E-state index >= 15 is 0 Å². The Labute approximate surface area is 126 Å². The molecule has 0 aromatic heterocycles. The molecule has 0 aliphatic carbocycles. The van der Waals surface area contributed by atoms with Crippen LogP contribution in [0.25, 0.3) is 0 Å². The van der Waals surface area contributed by atoms with Crippen LogP contribution in [0.3, 0.4) is 0 Å². The molecule has 0 spiro atoms. The van der Waals surface area contributed by atoms with Gasteiger partial charge in [0.1, 0.15) is 0 Å². The van der Waals surface area contributed by atoms with Gasteiger partial charge in [-0.15, -0.1) is 0 Å². The minimum atomic E-state index is 0.744. The van der Waals surface area contributed by atoms with Crippen LogP contribution in [-0.2, 0) is 0 Å². The van der Waals surface area contributed by atoms with Gasteiger partial charge in [-0.1, -0.05) is 19.8 Å². The molecule has 118 valence electrons. The van der Waals surface area contributed by atoms with Crippen molar-refractivity contribution in [2.24, 2.45) is 11.8 Å². The summed E-state index contributed by atoms with van der Waals surface area (Å²) in [5.41, 5.74) is 0. The second kappa shape index (κ2) is 8.38. The van der Waals surface area contributed by atoms with E-state index in [0.29, 0.717) is 0 Å². The number of piperidine rings is 2. The highest BCUT2D eigenvalue weighted by Crippen LogP contribution is 2.25. The first-order chi connectivity index (χ1) is 9.69. The third-order valence-corrected chi connectivity index (χ3v) is 5.64. The molecule has 2 aliphatic rings. The molecule has 0 N–H and O–H groups in total. The standard InChI is InChI=1S/C18H36N2/c1-4-5-17-6-11-19(12-7-17)13-8-18-9-14-20(15-10-18)16(2)3/h16-18H,4-15H2,1-3H3. The lowest BCUT2D eigenvalue weighted by Crippen LogP contribution is -2.40. The number of nitrogens with zero attached hydrogens (tertiary/aromatic N) is 2. The smallest absolute Gasteiger partial charge is 0.00385 e. The molecule has 0 aromatic rings. The topological polar surface area (TPSA) is 6.48 Å². The molecule has 2 nitrogen and oxygen atoms in total. The minimum absolute atomic E-state index is 0.744. The third kappa shape index (κ3) is 5.04. The quantitative estimate of drug-likeness (QED) is 0.725. The van der Waals surface area contributed by atoms with E-state index in [4.69, 9.17) is 0 Å². The van der Waals surface area contributed by atoms with Crippen LogP contribution < -0.4 is 0 Å². The summed E-state index contributed by atoms with van der Waals surface area (Å²) in [6.07, 6.45) is 10.1. The molecule has 2 aliphatic heterocycles. The van der Waals surface area contributed by atoms with Crippen LogP contribution in [0, 0.1) is 11.8 Å². The molecular formula is C18H36N2. The molecule has 2 rings (SSSR count). The predicted octanol–water partition coefficient (Wildman–Crippen LogP) is 4.01. The van der Waals surface area contributed by atoms with Crippen LogP contribution in [-0.4, -0.2) is 48.6 Å². The molecule has 2 fully saturated rings. The second-order valence-corrected chi connectivity index (χ2v) is 7.44. The largest absolute Gasteiger partial charge is 0.303 e. The van der Waals surface area contributed by atoms with E-state index in [1.165, 1.54) is 77.7 Å². The Balaban J connectivity index is 1.58. The van der Waals surface area contributed by atoms with E-state index in [-0.39, 0.29) is 0 Å². The Bertz CT molecular complexity index is 248. The minimum Gasteiger partial charge on any atom is -0.303 e. The first-order valence-corrected chi connectivity index (χ1v) is 9.15. The van der Waals surface area contributed by atoms with Crippen molar-refractivity contribution in [3.8, 4) is 0 Å². The van der Waals surface area contributed by atoms with Crippen LogP contribution >= 0.6 is 0 Å². The van der Waals surface area contributed by atoms with E-state index in [1.54, 1.807) is 0 Å². The van der Waals surface area contributed by atoms with Crippen LogP contribution in [0.4, 0.5) is 0 Å². The molecule has 0 unspecified atom stereocenters. The SMILES string of the molecule is CCCC1CCN(CCC2CCN(C(C)C)CC2)CC1. The van der Waals surface area contributed by atoms with Crippen LogP contribution in [0.2, 0.25) is 0 Å². The molecule has 0 amide bonds. The maximum Gasteiger partial charge on any atom is 0.00385 e. The average Bonchev–Trinajstić information content (AvgIpc) is 2.47. The number of hydrogen-bond acceptors (Lipinski definition) is 2. The monoisotopic (exact) mass is 280 g/mol. The molecule has 2 heteroatoms. The van der Waals surface area contributed by atoms with Crippen molar-refractivity contribution in [2.45, 2.75) is 71.8 Å². The normalized spacial score (nSPS) is 24.6. The van der Waals surface area contributed by atoms with E-state index < -0.39 is 0 Å². The van der Waals surface area contributed by atoms with Crippen molar-refractivity contribution in [3.05, 3.63) is 0 Å². The fourth-order valence-electron chi connectivity index (χ4n) is 4.03. The summed E-state index contributed by atoms with van der Waals surface area (Å²) >= 11 is 0. The van der Waals surface area contributed by atoms with Crippen molar-refractivity contribution in [2.75, 3.05) is 32.7 Å². The number of hydrogen-bond donors (Lipinski definition) is 0. The molecule has 0 aromatic carbocycles. The van der Waals surface area contributed by atoms with E-state index in [2.05, 4.69) is 30.6 Å². The molecule has 0 radical (unpaired) electrons. The summed E-state index contributed by atoms with van der Waals surface area (Å²) < 4.78 is 0. The first-order valence-electron chi connectivity index (χ1n) is 9.15. The predicted molar refractivity (Wildman–Crippen MR) is 88.1 cm³/mol. The van der Waals surface area contributed by atoms with Crippen molar-refractivity contribution < 1.29 is 0 Å². The summed E-state index contributed by atoms with van der Waals surface area (Å²) in [5, 5.41) is 0. The first kappa shape index (κ1) is 16.3. The highest BCUT2D eigenvalue weighted by atomic mass is 15.2. The van der Waals surface area contributed by atoms with E-state index in [1.807, 2.05) is 0 Å². The van der Waals surface area contributed by atoms with Gasteiger partial charge in [-0.05, 0) is 90.5 Å². The lowest BCUT2D eigenvalue weighted by molar-refractivity contribution is 0.125. The highest BCUT2D eigenvalue weighted by Gasteiger charge is 2.23. The Kier molecular flexibility index (Phi) is 6.83. The molecular weight excluding hydrogens is 244 g/mol. The second-order valence-electron chi connectivity index (χ2n) is 7.44. The van der Waals surface area contributed by atoms with Crippen LogP contribution in [0.15, 0.2) is 0 Å². The van der Waals surface area contributed by atoms with Gasteiger partial charge in [0.2, 0.25) is 0 Å².